The summed E-state index contributed by atoms with van der Waals surface area (Å²) in [6, 6.07) is 8.53. The van der Waals surface area contributed by atoms with Gasteiger partial charge in [-0.3, -0.25) is 4.90 Å². The molecule has 1 aromatic heterocycles. The fourth-order valence-corrected chi connectivity index (χ4v) is 3.08. The van der Waals surface area contributed by atoms with Gasteiger partial charge in [-0.15, -0.1) is 11.3 Å². The van der Waals surface area contributed by atoms with Crippen molar-refractivity contribution in [3.63, 3.8) is 0 Å². The first-order valence-electron chi connectivity index (χ1n) is 6.13. The molecule has 1 aromatic carbocycles. The number of nitrogens with zero attached hydrogens (tertiary/aromatic N) is 1. The lowest BCUT2D eigenvalue weighted by Crippen LogP contribution is -2.27. The van der Waals surface area contributed by atoms with Crippen molar-refractivity contribution in [2.75, 3.05) is 19.7 Å². The molecule has 0 saturated carbocycles. The van der Waals surface area contributed by atoms with E-state index in [1.54, 1.807) is 11.3 Å². The first-order chi connectivity index (χ1) is 8.35. The van der Waals surface area contributed by atoms with Crippen molar-refractivity contribution >= 4 is 21.4 Å². The SMILES string of the molecule is CCCN(CCO)Cc1csc2ccccc12. The van der Waals surface area contributed by atoms with Crippen molar-refractivity contribution in [2.24, 2.45) is 0 Å². The molecule has 2 nitrogen and oxygen atoms in total. The van der Waals surface area contributed by atoms with Gasteiger partial charge >= 0.3 is 0 Å². The van der Waals surface area contributed by atoms with Crippen molar-refractivity contribution in [1.29, 1.82) is 0 Å². The number of thiophene rings is 1. The number of aliphatic hydroxyl groups is 1. The number of benzene rings is 1. The lowest BCUT2D eigenvalue weighted by Gasteiger charge is -2.20. The van der Waals surface area contributed by atoms with Gasteiger partial charge in [-0.25, -0.2) is 0 Å². The zero-order chi connectivity index (χ0) is 12.1. The maximum Gasteiger partial charge on any atom is 0.0558 e. The number of fused-ring (bicyclic) bond motifs is 1. The molecular formula is C14H19NOS. The fraction of sp³-hybridized carbons (Fsp3) is 0.429. The number of hydrogen-bond donors (Lipinski definition) is 1. The molecule has 0 aliphatic rings. The Morgan fingerprint density at radius 1 is 1.24 bits per heavy atom. The van der Waals surface area contributed by atoms with Crippen molar-refractivity contribution < 1.29 is 5.11 Å². The lowest BCUT2D eigenvalue weighted by atomic mass is 10.1. The Morgan fingerprint density at radius 3 is 2.82 bits per heavy atom. The molecule has 2 rings (SSSR count). The van der Waals surface area contributed by atoms with Crippen LogP contribution < -0.4 is 0 Å². The van der Waals surface area contributed by atoms with E-state index in [0.717, 1.165) is 26.1 Å². The van der Waals surface area contributed by atoms with Gasteiger partial charge in [-0.1, -0.05) is 25.1 Å². The number of rotatable bonds is 6. The van der Waals surface area contributed by atoms with Crippen LogP contribution in [-0.4, -0.2) is 29.7 Å². The second-order valence-corrected chi connectivity index (χ2v) is 5.17. The van der Waals surface area contributed by atoms with Crippen LogP contribution in [0.3, 0.4) is 0 Å². The van der Waals surface area contributed by atoms with Gasteiger partial charge in [0.05, 0.1) is 6.61 Å². The molecule has 92 valence electrons. The van der Waals surface area contributed by atoms with Gasteiger partial charge in [0, 0.05) is 17.8 Å². The van der Waals surface area contributed by atoms with Crippen LogP contribution in [0.5, 0.6) is 0 Å². The third kappa shape index (κ3) is 3.06. The van der Waals surface area contributed by atoms with Gasteiger partial charge in [-0.05, 0) is 35.4 Å². The second kappa shape index (κ2) is 6.15. The standard InChI is InChI=1S/C14H19NOS/c1-2-7-15(8-9-16)10-12-11-17-14-6-4-3-5-13(12)14/h3-6,11,16H,2,7-10H2,1H3. The first-order valence-corrected chi connectivity index (χ1v) is 7.01. The molecule has 3 heteroatoms. The largest absolute Gasteiger partial charge is 0.395 e. The Morgan fingerprint density at radius 2 is 2.06 bits per heavy atom. The van der Waals surface area contributed by atoms with E-state index in [2.05, 4.69) is 41.5 Å². The average molecular weight is 249 g/mol. The van der Waals surface area contributed by atoms with Gasteiger partial charge in [0.1, 0.15) is 0 Å². The van der Waals surface area contributed by atoms with Crippen LogP contribution >= 0.6 is 11.3 Å². The predicted octanol–water partition coefficient (Wildman–Crippen LogP) is 3.11. The molecule has 0 bridgehead atoms. The van der Waals surface area contributed by atoms with Crippen LogP contribution in [0.15, 0.2) is 29.6 Å². The summed E-state index contributed by atoms with van der Waals surface area (Å²) in [4.78, 5) is 2.31. The molecule has 1 N–H and O–H groups in total. The average Bonchev–Trinajstić information content (AvgIpc) is 2.74. The van der Waals surface area contributed by atoms with Gasteiger partial charge < -0.3 is 5.11 Å². The summed E-state index contributed by atoms with van der Waals surface area (Å²) in [6.45, 7) is 5.17. The Hall–Kier alpha value is -0.900. The third-order valence-corrected chi connectivity index (χ3v) is 3.92. The highest BCUT2D eigenvalue weighted by molar-refractivity contribution is 7.17. The Balaban J connectivity index is 2.15. The topological polar surface area (TPSA) is 23.5 Å². The van der Waals surface area contributed by atoms with Crippen LogP contribution in [0.1, 0.15) is 18.9 Å². The van der Waals surface area contributed by atoms with Gasteiger partial charge in [-0.2, -0.15) is 0 Å². The van der Waals surface area contributed by atoms with E-state index in [4.69, 9.17) is 5.11 Å². The summed E-state index contributed by atoms with van der Waals surface area (Å²) in [7, 11) is 0. The zero-order valence-corrected chi connectivity index (χ0v) is 11.0. The molecule has 0 atom stereocenters. The van der Waals surface area contributed by atoms with E-state index in [1.165, 1.54) is 15.6 Å². The summed E-state index contributed by atoms with van der Waals surface area (Å²) in [5, 5.41) is 12.7. The van der Waals surface area contributed by atoms with E-state index < -0.39 is 0 Å². The van der Waals surface area contributed by atoms with Crippen LogP contribution in [0.2, 0.25) is 0 Å². The van der Waals surface area contributed by atoms with Crippen molar-refractivity contribution in [2.45, 2.75) is 19.9 Å². The molecule has 0 radical (unpaired) electrons. The summed E-state index contributed by atoms with van der Waals surface area (Å²) in [6.07, 6.45) is 1.13. The molecule has 17 heavy (non-hydrogen) atoms. The van der Waals surface area contributed by atoms with Crippen LogP contribution in [0.25, 0.3) is 10.1 Å². The molecule has 2 aromatic rings. The molecule has 1 heterocycles. The molecule has 0 fully saturated rings. The molecule has 0 aliphatic carbocycles. The highest BCUT2D eigenvalue weighted by Gasteiger charge is 2.08. The minimum Gasteiger partial charge on any atom is -0.395 e. The maximum absolute atomic E-state index is 9.07. The molecule has 0 aliphatic heterocycles. The second-order valence-electron chi connectivity index (χ2n) is 4.26. The Labute approximate surface area is 106 Å². The van der Waals surface area contributed by atoms with E-state index in [1.807, 2.05) is 0 Å². The van der Waals surface area contributed by atoms with Crippen LogP contribution in [0.4, 0.5) is 0 Å². The fourth-order valence-electron chi connectivity index (χ4n) is 2.12. The minimum atomic E-state index is 0.238. The van der Waals surface area contributed by atoms with Gasteiger partial charge in [0.15, 0.2) is 0 Å². The van der Waals surface area contributed by atoms with Gasteiger partial charge in [0.2, 0.25) is 0 Å². The Bertz CT molecular complexity index is 460. The van der Waals surface area contributed by atoms with Crippen LogP contribution in [0, 0.1) is 0 Å². The molecule has 0 unspecified atom stereocenters. The van der Waals surface area contributed by atoms with E-state index in [9.17, 15) is 0 Å². The quantitative estimate of drug-likeness (QED) is 0.850. The molecule has 0 amide bonds. The van der Waals surface area contributed by atoms with Crippen molar-refractivity contribution in [1.82, 2.24) is 4.90 Å². The number of hydrogen-bond acceptors (Lipinski definition) is 3. The van der Waals surface area contributed by atoms with Crippen molar-refractivity contribution in [3.8, 4) is 0 Å². The van der Waals surface area contributed by atoms with E-state index >= 15 is 0 Å². The summed E-state index contributed by atoms with van der Waals surface area (Å²) < 4.78 is 1.35. The molecule has 0 saturated heterocycles. The Kier molecular flexibility index (Phi) is 4.54. The minimum absolute atomic E-state index is 0.238. The lowest BCUT2D eigenvalue weighted by molar-refractivity contribution is 0.191. The maximum atomic E-state index is 9.07. The zero-order valence-electron chi connectivity index (χ0n) is 10.2. The summed E-state index contributed by atoms with van der Waals surface area (Å²) in [5.74, 6) is 0. The smallest absolute Gasteiger partial charge is 0.0558 e. The highest BCUT2D eigenvalue weighted by atomic mass is 32.1. The van der Waals surface area contributed by atoms with Crippen molar-refractivity contribution in [3.05, 3.63) is 35.2 Å². The molecule has 0 spiro atoms. The van der Waals surface area contributed by atoms with E-state index in [0.29, 0.717) is 0 Å². The predicted molar refractivity (Wildman–Crippen MR) is 74.5 cm³/mol. The summed E-state index contributed by atoms with van der Waals surface area (Å²) >= 11 is 1.80. The number of aliphatic hydroxyl groups excluding tert-OH is 1. The van der Waals surface area contributed by atoms with E-state index in [-0.39, 0.29) is 6.61 Å². The highest BCUT2D eigenvalue weighted by Crippen LogP contribution is 2.26. The van der Waals surface area contributed by atoms with Gasteiger partial charge in [0.25, 0.3) is 0 Å². The normalized spacial score (nSPS) is 11.5. The summed E-state index contributed by atoms with van der Waals surface area (Å²) in [5.41, 5.74) is 1.38. The van der Waals surface area contributed by atoms with Crippen LogP contribution in [-0.2, 0) is 6.54 Å². The first kappa shape index (κ1) is 12.6. The third-order valence-electron chi connectivity index (χ3n) is 2.91. The monoisotopic (exact) mass is 249 g/mol. The molecular weight excluding hydrogens is 230 g/mol.